The van der Waals surface area contributed by atoms with Crippen LogP contribution in [0.25, 0.3) is 16.8 Å². The molecule has 0 spiro atoms. The molecular weight excluding hydrogens is 682 g/mol. The van der Waals surface area contributed by atoms with Crippen LogP contribution in [0.2, 0.25) is 0 Å². The number of aromatic amines is 1. The Morgan fingerprint density at radius 2 is 1.89 bits per heavy atom. The highest BCUT2D eigenvalue weighted by Crippen LogP contribution is 2.56. The lowest BCUT2D eigenvalue weighted by Gasteiger charge is -2.27. The van der Waals surface area contributed by atoms with Crippen molar-refractivity contribution < 1.29 is 37.7 Å². The van der Waals surface area contributed by atoms with Crippen molar-refractivity contribution in [2.45, 2.75) is 47.6 Å². The van der Waals surface area contributed by atoms with E-state index in [2.05, 4.69) is 30.4 Å². The first-order chi connectivity index (χ1) is 20.9. The van der Waals surface area contributed by atoms with Gasteiger partial charge in [-0.25, -0.2) is 9.67 Å². The Balaban J connectivity index is 1.19. The fourth-order valence-electron chi connectivity index (χ4n) is 5.25. The number of ether oxygens (including phenoxy) is 1. The Hall–Kier alpha value is -2.17. The summed E-state index contributed by atoms with van der Waals surface area (Å²) >= 11 is 11.7. The number of nitrogen functional groups attached to an aromatic ring is 2. The van der Waals surface area contributed by atoms with Gasteiger partial charge >= 0.3 is 13.4 Å². The highest BCUT2D eigenvalue weighted by atomic mass is 32.5. The smallest absolute Gasteiger partial charge is 0.325 e. The predicted octanol–water partition coefficient (Wildman–Crippen LogP) is -0.522. The zero-order valence-electron chi connectivity index (χ0n) is 22.1. The maximum Gasteiger partial charge on any atom is 0.325 e. The molecule has 3 aliphatic heterocycles. The number of nitrogens with two attached hydrogens (primary N) is 2. The number of hydrogen-bond donors (Lipinski definition) is 6. The average Bonchev–Trinajstić information content (AvgIpc) is 3.72. The molecule has 44 heavy (non-hydrogen) atoms. The van der Waals surface area contributed by atoms with Crippen LogP contribution in [-0.2, 0) is 46.4 Å². The zero-order valence-corrected chi connectivity index (χ0v) is 26.3. The number of aromatic nitrogens is 8. The first-order valence-electron chi connectivity index (χ1n) is 12.9. The van der Waals surface area contributed by atoms with Gasteiger partial charge in [-0.2, -0.15) is 14.6 Å². The van der Waals surface area contributed by atoms with Crippen LogP contribution in [0, 0.1) is 0 Å². The first kappa shape index (κ1) is 30.5. The van der Waals surface area contributed by atoms with Crippen LogP contribution in [0.1, 0.15) is 23.5 Å². The summed E-state index contributed by atoms with van der Waals surface area (Å²) in [4.78, 5) is 45.3. The van der Waals surface area contributed by atoms with Gasteiger partial charge in [-0.15, -0.1) is 16.9 Å². The van der Waals surface area contributed by atoms with Crippen molar-refractivity contribution in [1.29, 1.82) is 0 Å². The van der Waals surface area contributed by atoms with Crippen LogP contribution in [0.3, 0.4) is 0 Å². The number of aliphatic hydroxyl groups is 1. The number of thioether (sulfide) groups is 1. The number of fused-ring (bicyclic) bond motifs is 5. The molecule has 24 heteroatoms. The molecule has 3 fully saturated rings. The van der Waals surface area contributed by atoms with E-state index in [1.807, 2.05) is 0 Å². The van der Waals surface area contributed by atoms with Gasteiger partial charge < -0.3 is 44.7 Å². The summed E-state index contributed by atoms with van der Waals surface area (Å²) < 4.78 is 32.0. The van der Waals surface area contributed by atoms with Gasteiger partial charge in [-0.3, -0.25) is 14.3 Å². The fraction of sp³-hybridized carbons (Fsp3) is 0.500. The number of nitrogens with zero attached hydrogens (tertiary/aromatic N) is 7. The summed E-state index contributed by atoms with van der Waals surface area (Å²) in [5.74, 6) is 0.187. The van der Waals surface area contributed by atoms with Crippen molar-refractivity contribution >= 4 is 77.4 Å². The lowest BCUT2D eigenvalue weighted by Crippen LogP contribution is -2.35. The monoisotopic (exact) mass is 706 g/mol. The number of nitrogens with one attached hydrogen (secondary N) is 1. The summed E-state index contributed by atoms with van der Waals surface area (Å²) in [6, 6.07) is 1.60. The topological polar surface area (TPSA) is 266 Å². The number of hydrogen-bond acceptors (Lipinski definition) is 17. The van der Waals surface area contributed by atoms with Crippen LogP contribution in [0.15, 0.2) is 23.3 Å². The van der Waals surface area contributed by atoms with Crippen LogP contribution >= 0.6 is 25.2 Å². The average molecular weight is 707 g/mol. The second-order valence-electron chi connectivity index (χ2n) is 10.1. The molecule has 2 bridgehead atoms. The highest BCUT2D eigenvalue weighted by molar-refractivity contribution is 8.07. The second-order valence-corrected chi connectivity index (χ2v) is 17.0. The van der Waals surface area contributed by atoms with E-state index in [0.717, 1.165) is 11.8 Å². The van der Waals surface area contributed by atoms with E-state index in [-0.39, 0.29) is 36.7 Å². The summed E-state index contributed by atoms with van der Waals surface area (Å²) in [7, 11) is 0. The number of rotatable bonds is 2. The lowest BCUT2D eigenvalue weighted by molar-refractivity contribution is -0.0226. The van der Waals surface area contributed by atoms with Gasteiger partial charge in [0.1, 0.15) is 23.4 Å². The van der Waals surface area contributed by atoms with Crippen molar-refractivity contribution in [3.8, 4) is 0 Å². The van der Waals surface area contributed by atoms with Crippen molar-refractivity contribution in [1.82, 2.24) is 39.6 Å². The molecule has 0 radical (unpaired) electrons. The fourth-order valence-corrected chi connectivity index (χ4v) is 9.79. The Morgan fingerprint density at radius 3 is 2.70 bits per heavy atom. The molecule has 236 valence electrons. The third-order valence-corrected chi connectivity index (χ3v) is 11.9. The zero-order chi connectivity index (χ0) is 31.0. The standard InChI is InChI=1S/C20H24N10O9P2S3/c21-12-1-2-23-16-7(4-24-29(12)16)8-3-9-10(37-8)5-35-41(34,43)39-15-14(31)11(6-36-40(33,42)38-9)44-19(15)30-17-13(27-28-30)18(32)26-20(22)25-17/h1-2,4,8-11,14-15,19,31H,3,5-6,21H2,(H,33,42)(H,34,43)(H3,22,25,26,32)/t8-,9+,10-,11-,14-,15-,19-,40?,41?/m1/s1. The Kier molecular flexibility index (Phi) is 7.80. The summed E-state index contributed by atoms with van der Waals surface area (Å²) in [6.45, 7) is -8.61. The maximum absolute atomic E-state index is 12.3. The minimum Gasteiger partial charge on any atom is -0.389 e. The molecular formula is C20H24N10O9P2S3. The number of anilines is 2. The molecule has 2 unspecified atom stereocenters. The van der Waals surface area contributed by atoms with E-state index in [0.29, 0.717) is 17.0 Å². The molecule has 9 atom stereocenters. The van der Waals surface area contributed by atoms with E-state index in [1.165, 1.54) is 15.4 Å². The highest BCUT2D eigenvalue weighted by Gasteiger charge is 2.50. The molecule has 0 amide bonds. The van der Waals surface area contributed by atoms with E-state index in [4.69, 9.17) is 57.9 Å². The maximum atomic E-state index is 12.3. The van der Waals surface area contributed by atoms with E-state index in [1.54, 1.807) is 12.3 Å². The van der Waals surface area contributed by atoms with Crippen molar-refractivity contribution in [2.75, 3.05) is 24.7 Å². The SMILES string of the molecule is Nc1nc2c(nnn2[C@@H]2S[C@@H]3COP(O)(=S)O[C@H]4C[C@H](c5cnn6c(N)ccnc56)O[C@@H]4COP(O)(=S)O[C@@H]2[C@@H]3O)c(=O)[nH]1. The Morgan fingerprint density at radius 1 is 1.11 bits per heavy atom. The molecule has 7 rings (SSSR count). The molecule has 4 aromatic heterocycles. The Bertz CT molecular complexity index is 1910. The normalized spacial score (nSPS) is 36.6. The molecule has 0 aromatic carbocycles. The van der Waals surface area contributed by atoms with Gasteiger partial charge in [0.25, 0.3) is 5.56 Å². The van der Waals surface area contributed by atoms with Crippen molar-refractivity contribution in [3.05, 3.63) is 34.4 Å². The van der Waals surface area contributed by atoms with Gasteiger partial charge in [0, 0.05) is 18.2 Å². The number of aliphatic hydroxyl groups excluding tert-OH is 1. The molecule has 0 aliphatic carbocycles. The second kappa shape index (κ2) is 11.3. The third-order valence-electron chi connectivity index (χ3n) is 7.24. The van der Waals surface area contributed by atoms with Crippen LogP contribution < -0.4 is 17.0 Å². The minimum absolute atomic E-state index is 0.00664. The van der Waals surface area contributed by atoms with Crippen LogP contribution in [0.4, 0.5) is 11.8 Å². The first-order valence-corrected chi connectivity index (χ1v) is 19.0. The molecule has 7 heterocycles. The van der Waals surface area contributed by atoms with E-state index >= 15 is 0 Å². The molecule has 0 saturated carbocycles. The van der Waals surface area contributed by atoms with Gasteiger partial charge in [0.15, 0.2) is 16.8 Å². The van der Waals surface area contributed by atoms with E-state index in [9.17, 15) is 19.7 Å². The minimum atomic E-state index is -4.08. The van der Waals surface area contributed by atoms with Gasteiger partial charge in [-0.05, 0) is 29.7 Å². The lowest BCUT2D eigenvalue weighted by atomic mass is 10.1. The van der Waals surface area contributed by atoms with Crippen LogP contribution in [-0.4, -0.2) is 97.3 Å². The van der Waals surface area contributed by atoms with Crippen molar-refractivity contribution in [2.24, 2.45) is 0 Å². The van der Waals surface area contributed by atoms with E-state index < -0.39 is 60.1 Å². The molecule has 3 saturated heterocycles. The quantitative estimate of drug-likeness (QED) is 0.143. The third kappa shape index (κ3) is 5.57. The molecule has 19 nitrogen and oxygen atoms in total. The molecule has 3 aliphatic rings. The summed E-state index contributed by atoms with van der Waals surface area (Å²) in [5, 5.41) is 21.7. The van der Waals surface area contributed by atoms with Crippen LogP contribution in [0.5, 0.6) is 0 Å². The largest absolute Gasteiger partial charge is 0.389 e. The van der Waals surface area contributed by atoms with Gasteiger partial charge in [0.2, 0.25) is 5.95 Å². The summed E-state index contributed by atoms with van der Waals surface area (Å²) in [6.07, 6.45) is -1.65. The van der Waals surface area contributed by atoms with Gasteiger partial charge in [-0.1, -0.05) is 5.21 Å². The predicted molar refractivity (Wildman–Crippen MR) is 161 cm³/mol. The molecule has 4 aromatic rings. The summed E-state index contributed by atoms with van der Waals surface area (Å²) in [5.41, 5.74) is 12.1. The van der Waals surface area contributed by atoms with Gasteiger partial charge in [0.05, 0.1) is 43.0 Å². The van der Waals surface area contributed by atoms with Crippen molar-refractivity contribution in [3.63, 3.8) is 0 Å². The Labute approximate surface area is 260 Å². The molecule has 8 N–H and O–H groups in total. The number of H-pyrrole nitrogens is 1.